The van der Waals surface area contributed by atoms with Crippen LogP contribution in [0.25, 0.3) is 0 Å². The average Bonchev–Trinajstić information content (AvgIpc) is 3.17. The van der Waals surface area contributed by atoms with Gasteiger partial charge in [0, 0.05) is 25.0 Å². The Morgan fingerprint density at radius 3 is 2.52 bits per heavy atom. The molecule has 0 radical (unpaired) electrons. The van der Waals surface area contributed by atoms with Crippen LogP contribution in [-0.4, -0.2) is 15.6 Å². The number of halogens is 3. The van der Waals surface area contributed by atoms with Gasteiger partial charge in [0.05, 0.1) is 12.1 Å². The number of aromatic nitrogens is 2. The molecule has 1 fully saturated rings. The van der Waals surface area contributed by atoms with E-state index in [4.69, 9.17) is 0 Å². The Hall–Kier alpha value is -1.82. The second kappa shape index (κ2) is 5.52. The van der Waals surface area contributed by atoms with Crippen molar-refractivity contribution in [2.24, 2.45) is 0 Å². The Morgan fingerprint density at radius 1 is 1.19 bits per heavy atom. The van der Waals surface area contributed by atoms with Crippen molar-refractivity contribution in [3.05, 3.63) is 53.6 Å². The number of alkyl halides is 3. The maximum absolute atomic E-state index is 12.5. The molecule has 0 aliphatic heterocycles. The van der Waals surface area contributed by atoms with E-state index >= 15 is 0 Å². The van der Waals surface area contributed by atoms with Gasteiger partial charge < -0.3 is 9.88 Å². The number of nitrogens with zero attached hydrogens (tertiary/aromatic N) is 2. The van der Waals surface area contributed by atoms with Crippen molar-refractivity contribution in [2.45, 2.75) is 38.1 Å². The molecule has 112 valence electrons. The van der Waals surface area contributed by atoms with Crippen LogP contribution in [0, 0.1) is 0 Å². The van der Waals surface area contributed by atoms with Crippen molar-refractivity contribution in [3.8, 4) is 0 Å². The molecule has 1 aliphatic carbocycles. The highest BCUT2D eigenvalue weighted by Crippen LogP contribution is 2.29. The highest BCUT2D eigenvalue weighted by molar-refractivity contribution is 5.25. The Balaban J connectivity index is 1.67. The molecule has 1 saturated carbocycles. The van der Waals surface area contributed by atoms with E-state index in [1.165, 1.54) is 25.0 Å². The zero-order chi connectivity index (χ0) is 14.9. The first-order chi connectivity index (χ1) is 10.0. The van der Waals surface area contributed by atoms with Crippen LogP contribution in [-0.2, 0) is 19.3 Å². The molecule has 0 unspecified atom stereocenters. The molecule has 1 N–H and O–H groups in total. The second-order valence-electron chi connectivity index (χ2n) is 5.32. The fraction of sp³-hybridized carbons (Fsp3) is 0.400. The van der Waals surface area contributed by atoms with E-state index < -0.39 is 11.7 Å². The van der Waals surface area contributed by atoms with Gasteiger partial charge in [0.2, 0.25) is 0 Å². The van der Waals surface area contributed by atoms with Crippen molar-refractivity contribution in [3.63, 3.8) is 0 Å². The third kappa shape index (κ3) is 3.64. The Bertz CT molecular complexity index is 597. The zero-order valence-electron chi connectivity index (χ0n) is 11.4. The number of hydrogen-bond acceptors (Lipinski definition) is 2. The minimum absolute atomic E-state index is 0.528. The van der Waals surface area contributed by atoms with E-state index in [9.17, 15) is 13.2 Å². The number of nitrogens with one attached hydrogen (secondary N) is 1. The summed E-state index contributed by atoms with van der Waals surface area (Å²) in [5.74, 6) is 0.904. The first kappa shape index (κ1) is 14.1. The maximum atomic E-state index is 12.5. The van der Waals surface area contributed by atoms with Crippen LogP contribution < -0.4 is 5.32 Å². The largest absolute Gasteiger partial charge is 0.416 e. The van der Waals surface area contributed by atoms with Gasteiger partial charge in [-0.05, 0) is 30.5 Å². The van der Waals surface area contributed by atoms with Gasteiger partial charge in [-0.2, -0.15) is 13.2 Å². The molecule has 1 heterocycles. The number of imidazole rings is 1. The van der Waals surface area contributed by atoms with Crippen LogP contribution in [0.2, 0.25) is 0 Å². The molecule has 0 amide bonds. The Morgan fingerprint density at radius 2 is 1.90 bits per heavy atom. The number of hydrogen-bond donors (Lipinski definition) is 1. The van der Waals surface area contributed by atoms with Crippen molar-refractivity contribution in [1.29, 1.82) is 0 Å². The van der Waals surface area contributed by atoms with E-state index in [0.29, 0.717) is 19.1 Å². The maximum Gasteiger partial charge on any atom is 0.416 e. The summed E-state index contributed by atoms with van der Waals surface area (Å²) in [6.07, 6.45) is 1.70. The number of rotatable bonds is 5. The Labute approximate surface area is 120 Å². The van der Waals surface area contributed by atoms with Gasteiger partial charge in [0.25, 0.3) is 0 Å². The van der Waals surface area contributed by atoms with E-state index in [-0.39, 0.29) is 0 Å². The smallest absolute Gasteiger partial charge is 0.329 e. The van der Waals surface area contributed by atoms with Gasteiger partial charge in [0.1, 0.15) is 5.82 Å². The lowest BCUT2D eigenvalue weighted by atomic mass is 10.1. The van der Waals surface area contributed by atoms with E-state index in [0.717, 1.165) is 23.5 Å². The van der Waals surface area contributed by atoms with Crippen molar-refractivity contribution in [2.75, 3.05) is 0 Å². The monoisotopic (exact) mass is 295 g/mol. The van der Waals surface area contributed by atoms with Crippen LogP contribution >= 0.6 is 0 Å². The summed E-state index contributed by atoms with van der Waals surface area (Å²) < 4.78 is 39.5. The third-order valence-electron chi connectivity index (χ3n) is 3.56. The van der Waals surface area contributed by atoms with Crippen LogP contribution in [0.15, 0.2) is 36.7 Å². The molecule has 21 heavy (non-hydrogen) atoms. The molecule has 0 bridgehead atoms. The zero-order valence-corrected chi connectivity index (χ0v) is 11.4. The summed E-state index contributed by atoms with van der Waals surface area (Å²) in [6.45, 7) is 1.22. The van der Waals surface area contributed by atoms with Gasteiger partial charge in [-0.3, -0.25) is 0 Å². The highest BCUT2D eigenvalue weighted by atomic mass is 19.4. The standard InChI is InChI=1S/C15H16F3N3/c16-15(17,18)12-3-1-11(2-4-12)10-21-8-7-19-14(21)9-20-13-5-6-13/h1-4,7-8,13,20H,5-6,9-10H2. The Kier molecular flexibility index (Phi) is 3.71. The molecule has 0 spiro atoms. The van der Waals surface area contributed by atoms with Crippen molar-refractivity contribution in [1.82, 2.24) is 14.9 Å². The highest BCUT2D eigenvalue weighted by Gasteiger charge is 2.29. The van der Waals surface area contributed by atoms with Crippen LogP contribution in [0.4, 0.5) is 13.2 Å². The van der Waals surface area contributed by atoms with Crippen LogP contribution in [0.3, 0.4) is 0 Å². The molecule has 6 heteroatoms. The van der Waals surface area contributed by atoms with Crippen LogP contribution in [0.1, 0.15) is 29.8 Å². The molecule has 1 aromatic heterocycles. The molecule has 1 aliphatic rings. The average molecular weight is 295 g/mol. The van der Waals surface area contributed by atoms with Gasteiger partial charge in [-0.15, -0.1) is 0 Å². The summed E-state index contributed by atoms with van der Waals surface area (Å²) in [6, 6.07) is 5.87. The first-order valence-electron chi connectivity index (χ1n) is 6.92. The fourth-order valence-electron chi connectivity index (χ4n) is 2.17. The lowest BCUT2D eigenvalue weighted by Gasteiger charge is -2.10. The number of benzene rings is 1. The molecular formula is C15H16F3N3. The van der Waals surface area contributed by atoms with Gasteiger partial charge in [-0.1, -0.05) is 12.1 Å². The van der Waals surface area contributed by atoms with Crippen molar-refractivity contribution >= 4 is 0 Å². The van der Waals surface area contributed by atoms with Crippen molar-refractivity contribution < 1.29 is 13.2 Å². The summed E-state index contributed by atoms with van der Waals surface area (Å²) in [7, 11) is 0. The molecule has 3 nitrogen and oxygen atoms in total. The van der Waals surface area contributed by atoms with E-state index in [1.807, 2.05) is 10.8 Å². The van der Waals surface area contributed by atoms with Gasteiger partial charge in [0.15, 0.2) is 0 Å². The predicted octanol–water partition coefficient (Wildman–Crippen LogP) is 3.20. The lowest BCUT2D eigenvalue weighted by Crippen LogP contribution is -2.19. The lowest BCUT2D eigenvalue weighted by molar-refractivity contribution is -0.137. The van der Waals surface area contributed by atoms with E-state index in [2.05, 4.69) is 10.3 Å². The fourth-order valence-corrected chi connectivity index (χ4v) is 2.17. The van der Waals surface area contributed by atoms with E-state index in [1.54, 1.807) is 6.20 Å². The van der Waals surface area contributed by atoms with Gasteiger partial charge >= 0.3 is 6.18 Å². The second-order valence-corrected chi connectivity index (χ2v) is 5.32. The first-order valence-corrected chi connectivity index (χ1v) is 6.92. The molecule has 2 aromatic rings. The summed E-state index contributed by atoms with van der Waals surface area (Å²) in [4.78, 5) is 4.29. The quantitative estimate of drug-likeness (QED) is 0.918. The van der Waals surface area contributed by atoms with Gasteiger partial charge in [-0.25, -0.2) is 4.98 Å². The molecule has 3 rings (SSSR count). The molecule has 1 aromatic carbocycles. The SMILES string of the molecule is FC(F)(F)c1ccc(Cn2ccnc2CNC2CC2)cc1. The normalized spacial score (nSPS) is 15.4. The minimum Gasteiger partial charge on any atom is -0.329 e. The minimum atomic E-state index is -4.28. The predicted molar refractivity (Wildman–Crippen MR) is 72.6 cm³/mol. The summed E-state index contributed by atoms with van der Waals surface area (Å²) in [5.41, 5.74) is 0.209. The third-order valence-corrected chi connectivity index (χ3v) is 3.56. The topological polar surface area (TPSA) is 29.9 Å². The molecule has 0 atom stereocenters. The van der Waals surface area contributed by atoms with Crippen LogP contribution in [0.5, 0.6) is 0 Å². The molecular weight excluding hydrogens is 279 g/mol. The summed E-state index contributed by atoms with van der Waals surface area (Å²) in [5, 5.41) is 3.38. The molecule has 0 saturated heterocycles. The summed E-state index contributed by atoms with van der Waals surface area (Å²) >= 11 is 0.